The summed E-state index contributed by atoms with van der Waals surface area (Å²) < 4.78 is 0.780. The zero-order valence-corrected chi connectivity index (χ0v) is 23.5. The number of hydrogen-bond donors (Lipinski definition) is 3. The molecular weight excluding hydrogens is 567 g/mol. The van der Waals surface area contributed by atoms with Crippen LogP contribution in [0.1, 0.15) is 25.0 Å². The van der Waals surface area contributed by atoms with Crippen molar-refractivity contribution in [2.75, 3.05) is 19.5 Å². The summed E-state index contributed by atoms with van der Waals surface area (Å²) in [7, 11) is 2.92. The van der Waals surface area contributed by atoms with Crippen LogP contribution in [-0.2, 0) is 16.9 Å². The zero-order valence-electron chi connectivity index (χ0n) is 20.4. The molecule has 0 bridgehead atoms. The SMILES string of the molecule is CC(C)(NC(=O)NCc1ccccc1Cl)c1ccccc1.CON(C)C(=O)Nc1ccc(Br)c(Cl)c1. The lowest BCUT2D eigenvalue weighted by molar-refractivity contribution is -0.0598. The Balaban J connectivity index is 0.000000269. The maximum absolute atomic E-state index is 12.1. The third-order valence-electron chi connectivity index (χ3n) is 5.05. The molecule has 0 aliphatic carbocycles. The molecule has 0 atom stereocenters. The van der Waals surface area contributed by atoms with Gasteiger partial charge in [0.25, 0.3) is 0 Å². The van der Waals surface area contributed by atoms with Crippen LogP contribution in [0.2, 0.25) is 10.0 Å². The van der Waals surface area contributed by atoms with Gasteiger partial charge in [-0.1, -0.05) is 71.7 Å². The Bertz CT molecular complexity index is 1160. The topological polar surface area (TPSA) is 82.7 Å². The number of rotatable bonds is 6. The van der Waals surface area contributed by atoms with Crippen LogP contribution >= 0.6 is 39.1 Å². The molecule has 192 valence electrons. The Kier molecular flexibility index (Phi) is 11.5. The highest BCUT2D eigenvalue weighted by Gasteiger charge is 2.22. The van der Waals surface area contributed by atoms with E-state index in [-0.39, 0.29) is 12.1 Å². The summed E-state index contributed by atoms with van der Waals surface area (Å²) in [6.07, 6.45) is 0. The first-order chi connectivity index (χ1) is 17.0. The number of nitrogens with zero attached hydrogens (tertiary/aromatic N) is 1. The summed E-state index contributed by atoms with van der Waals surface area (Å²) in [5.74, 6) is 0. The smallest absolute Gasteiger partial charge is 0.334 e. The second kappa shape index (κ2) is 14.1. The number of carbonyl (C=O) groups is 2. The fourth-order valence-corrected chi connectivity index (χ4v) is 3.56. The van der Waals surface area contributed by atoms with E-state index in [0.717, 1.165) is 20.7 Å². The fourth-order valence-electron chi connectivity index (χ4n) is 2.93. The van der Waals surface area contributed by atoms with Gasteiger partial charge >= 0.3 is 12.1 Å². The molecule has 3 aromatic carbocycles. The van der Waals surface area contributed by atoms with Crippen LogP contribution in [0.25, 0.3) is 0 Å². The molecule has 0 saturated carbocycles. The molecule has 0 aromatic heterocycles. The normalized spacial score (nSPS) is 10.5. The number of amides is 4. The average Bonchev–Trinajstić information content (AvgIpc) is 2.86. The van der Waals surface area contributed by atoms with E-state index in [9.17, 15) is 9.59 Å². The molecule has 0 radical (unpaired) electrons. The highest BCUT2D eigenvalue weighted by Crippen LogP contribution is 2.25. The number of halogens is 3. The minimum Gasteiger partial charge on any atom is -0.334 e. The monoisotopic (exact) mass is 594 g/mol. The van der Waals surface area contributed by atoms with Crippen LogP contribution in [0.5, 0.6) is 0 Å². The van der Waals surface area contributed by atoms with Crippen molar-refractivity contribution in [1.29, 1.82) is 0 Å². The average molecular weight is 596 g/mol. The summed E-state index contributed by atoms with van der Waals surface area (Å²) in [5, 5.41) is 10.7. The molecule has 0 spiro atoms. The highest BCUT2D eigenvalue weighted by atomic mass is 79.9. The third kappa shape index (κ3) is 9.35. The largest absolute Gasteiger partial charge is 0.345 e. The Morgan fingerprint density at radius 2 is 1.61 bits per heavy atom. The first-order valence-corrected chi connectivity index (χ1v) is 12.5. The molecule has 3 rings (SSSR count). The van der Waals surface area contributed by atoms with Gasteiger partial charge in [0.1, 0.15) is 0 Å². The van der Waals surface area contributed by atoms with Gasteiger partial charge < -0.3 is 16.0 Å². The molecule has 10 heteroatoms. The molecule has 0 aliphatic rings. The van der Waals surface area contributed by atoms with Crippen LogP contribution in [0, 0.1) is 0 Å². The van der Waals surface area contributed by atoms with Crippen LogP contribution in [-0.4, -0.2) is 31.3 Å². The van der Waals surface area contributed by atoms with Gasteiger partial charge in [-0.05, 0) is 65.2 Å². The van der Waals surface area contributed by atoms with E-state index in [1.807, 2.05) is 68.4 Å². The van der Waals surface area contributed by atoms with Crippen molar-refractivity contribution >= 4 is 56.9 Å². The van der Waals surface area contributed by atoms with Gasteiger partial charge in [-0.2, -0.15) is 0 Å². The molecule has 36 heavy (non-hydrogen) atoms. The van der Waals surface area contributed by atoms with Crippen molar-refractivity contribution in [3.8, 4) is 0 Å². The van der Waals surface area contributed by atoms with Crippen molar-refractivity contribution in [2.45, 2.75) is 25.9 Å². The minimum absolute atomic E-state index is 0.219. The van der Waals surface area contributed by atoms with Gasteiger partial charge in [-0.15, -0.1) is 0 Å². The molecule has 0 heterocycles. The molecule has 7 nitrogen and oxygen atoms in total. The lowest BCUT2D eigenvalue weighted by Gasteiger charge is -2.27. The summed E-state index contributed by atoms with van der Waals surface area (Å²) in [4.78, 5) is 28.1. The Labute approximate surface area is 230 Å². The van der Waals surface area contributed by atoms with Crippen molar-refractivity contribution in [2.24, 2.45) is 0 Å². The van der Waals surface area contributed by atoms with Crippen LogP contribution in [0.4, 0.5) is 15.3 Å². The highest BCUT2D eigenvalue weighted by molar-refractivity contribution is 9.10. The predicted molar refractivity (Wildman–Crippen MR) is 149 cm³/mol. The lowest BCUT2D eigenvalue weighted by atomic mass is 9.95. The van der Waals surface area contributed by atoms with Crippen LogP contribution < -0.4 is 16.0 Å². The summed E-state index contributed by atoms with van der Waals surface area (Å²) in [6, 6.07) is 21.9. The second-order valence-electron chi connectivity index (χ2n) is 8.13. The second-order valence-corrected chi connectivity index (χ2v) is 9.80. The van der Waals surface area contributed by atoms with Gasteiger partial charge in [0, 0.05) is 28.8 Å². The molecule has 0 aliphatic heterocycles. The molecular formula is C26H29BrCl2N4O3. The quantitative estimate of drug-likeness (QED) is 0.263. The van der Waals surface area contributed by atoms with Gasteiger partial charge in [-0.3, -0.25) is 4.84 Å². The van der Waals surface area contributed by atoms with E-state index >= 15 is 0 Å². The van der Waals surface area contributed by atoms with Crippen molar-refractivity contribution < 1.29 is 14.4 Å². The number of urea groups is 2. The minimum atomic E-state index is -0.439. The molecule has 4 amide bonds. The number of anilines is 1. The maximum atomic E-state index is 12.1. The van der Waals surface area contributed by atoms with Crippen LogP contribution in [0.3, 0.4) is 0 Å². The van der Waals surface area contributed by atoms with E-state index in [1.54, 1.807) is 18.2 Å². The summed E-state index contributed by atoms with van der Waals surface area (Å²) >= 11 is 15.2. The molecule has 0 saturated heterocycles. The zero-order chi connectivity index (χ0) is 26.7. The Hall–Kier alpha value is -2.78. The Morgan fingerprint density at radius 1 is 0.972 bits per heavy atom. The number of hydroxylamine groups is 2. The molecule has 3 N–H and O–H groups in total. The maximum Gasteiger partial charge on any atom is 0.345 e. The van der Waals surface area contributed by atoms with Crippen molar-refractivity contribution in [1.82, 2.24) is 15.7 Å². The number of hydrogen-bond acceptors (Lipinski definition) is 3. The van der Waals surface area contributed by atoms with Crippen molar-refractivity contribution in [3.05, 3.63) is 98.4 Å². The number of benzene rings is 3. The van der Waals surface area contributed by atoms with Gasteiger partial charge in [0.2, 0.25) is 0 Å². The number of nitrogens with one attached hydrogen (secondary N) is 3. The van der Waals surface area contributed by atoms with E-state index < -0.39 is 5.54 Å². The fraction of sp³-hybridized carbons (Fsp3) is 0.231. The molecule has 3 aromatic rings. The Morgan fingerprint density at radius 3 is 2.22 bits per heavy atom. The molecule has 0 fully saturated rings. The van der Waals surface area contributed by atoms with E-state index in [1.165, 1.54) is 14.2 Å². The van der Waals surface area contributed by atoms with E-state index in [0.29, 0.717) is 22.3 Å². The predicted octanol–water partition coefficient (Wildman–Crippen LogP) is 7.20. The summed E-state index contributed by atoms with van der Waals surface area (Å²) in [6.45, 7) is 4.34. The van der Waals surface area contributed by atoms with Gasteiger partial charge in [0.05, 0.1) is 17.7 Å². The van der Waals surface area contributed by atoms with E-state index in [4.69, 9.17) is 28.0 Å². The van der Waals surface area contributed by atoms with Gasteiger partial charge in [0.15, 0.2) is 0 Å². The van der Waals surface area contributed by atoms with E-state index in [2.05, 4.69) is 31.9 Å². The third-order valence-corrected chi connectivity index (χ3v) is 6.65. The summed E-state index contributed by atoms with van der Waals surface area (Å²) in [5.41, 5.74) is 2.12. The standard InChI is InChI=1S/C17H19ClN2O.C9H10BrClN2O2/c1-17(2,14-9-4-3-5-10-14)20-16(21)19-12-13-8-6-7-11-15(13)18;1-13(15-2)9(14)12-6-3-4-7(10)8(11)5-6/h3-11H,12H2,1-2H3,(H2,19,20,21);3-5H,1-2H3,(H,12,14). The first kappa shape index (κ1) is 29.5. The van der Waals surface area contributed by atoms with Crippen molar-refractivity contribution in [3.63, 3.8) is 0 Å². The number of carbonyl (C=O) groups excluding carboxylic acids is 2. The van der Waals surface area contributed by atoms with Crippen LogP contribution in [0.15, 0.2) is 77.3 Å². The lowest BCUT2D eigenvalue weighted by Crippen LogP contribution is -2.46. The molecule has 0 unspecified atom stereocenters. The van der Waals surface area contributed by atoms with Gasteiger partial charge in [-0.25, -0.2) is 14.7 Å². The first-order valence-electron chi connectivity index (χ1n) is 10.9.